The summed E-state index contributed by atoms with van der Waals surface area (Å²) in [5.41, 5.74) is 1.57. The average molecular weight is 300 g/mol. The Bertz CT molecular complexity index is 635. The summed E-state index contributed by atoms with van der Waals surface area (Å²) in [6.45, 7) is 2.30. The number of aromatic nitrogens is 2. The van der Waals surface area contributed by atoms with Gasteiger partial charge in [-0.1, -0.05) is 12.1 Å². The minimum atomic E-state index is -0.342. The van der Waals surface area contributed by atoms with Crippen molar-refractivity contribution in [1.82, 2.24) is 20.0 Å². The summed E-state index contributed by atoms with van der Waals surface area (Å²) in [6, 6.07) is 8.67. The molecule has 1 aromatic heterocycles. The molecule has 0 saturated carbocycles. The topological polar surface area (TPSA) is 67.2 Å². The molecule has 0 aliphatic carbocycles. The lowest BCUT2D eigenvalue weighted by Crippen LogP contribution is -2.33. The monoisotopic (exact) mass is 300 g/mol. The highest BCUT2D eigenvalue weighted by atomic mass is 16.2. The fraction of sp³-hybridized carbons (Fsp3) is 0.312. The molecular weight excluding hydrogens is 280 g/mol. The van der Waals surface area contributed by atoms with E-state index >= 15 is 0 Å². The molecule has 0 spiro atoms. The zero-order valence-corrected chi connectivity index (χ0v) is 13.0. The number of hydrogen-bond acceptors (Lipinski definition) is 3. The number of benzene rings is 1. The summed E-state index contributed by atoms with van der Waals surface area (Å²) >= 11 is 0. The van der Waals surface area contributed by atoms with Crippen molar-refractivity contribution in [2.45, 2.75) is 19.5 Å². The summed E-state index contributed by atoms with van der Waals surface area (Å²) in [5.74, 6) is -0.137. The molecule has 0 saturated heterocycles. The van der Waals surface area contributed by atoms with Gasteiger partial charge in [0.25, 0.3) is 5.91 Å². The van der Waals surface area contributed by atoms with E-state index in [0.29, 0.717) is 12.1 Å². The smallest absolute Gasteiger partial charge is 0.251 e. The van der Waals surface area contributed by atoms with E-state index in [0.717, 1.165) is 5.56 Å². The van der Waals surface area contributed by atoms with Crippen LogP contribution < -0.4 is 5.32 Å². The Balaban J connectivity index is 2.00. The van der Waals surface area contributed by atoms with Crippen molar-refractivity contribution < 1.29 is 9.59 Å². The van der Waals surface area contributed by atoms with Crippen molar-refractivity contribution in [3.8, 4) is 0 Å². The van der Waals surface area contributed by atoms with Crippen LogP contribution in [0.25, 0.3) is 0 Å². The Morgan fingerprint density at radius 2 is 2.00 bits per heavy atom. The molecule has 1 atom stereocenters. The number of likely N-dealkylation sites (N-methyl/N-ethyl adjacent to an activating group) is 1. The number of nitrogens with zero attached hydrogens (tertiary/aromatic N) is 3. The van der Waals surface area contributed by atoms with Gasteiger partial charge in [-0.25, -0.2) is 0 Å². The minimum absolute atomic E-state index is 0.0147. The van der Waals surface area contributed by atoms with Gasteiger partial charge in [-0.05, 0) is 30.7 Å². The molecule has 1 unspecified atom stereocenters. The Morgan fingerprint density at radius 3 is 2.55 bits per heavy atom. The lowest BCUT2D eigenvalue weighted by molar-refractivity contribution is -0.133. The number of carbonyl (C=O) groups excluding carboxylic acids is 2. The van der Waals surface area contributed by atoms with Gasteiger partial charge in [-0.2, -0.15) is 5.10 Å². The van der Waals surface area contributed by atoms with Gasteiger partial charge < -0.3 is 10.2 Å². The van der Waals surface area contributed by atoms with E-state index in [9.17, 15) is 9.59 Å². The van der Waals surface area contributed by atoms with Crippen molar-refractivity contribution in [3.63, 3.8) is 0 Å². The molecule has 2 amide bonds. The SMILES string of the molecule is CNC(=O)c1ccc(CN(C)C(=O)C(C)n2cccn2)cc1. The maximum atomic E-state index is 12.4. The van der Waals surface area contributed by atoms with Crippen LogP contribution in [0.1, 0.15) is 28.9 Å². The molecule has 22 heavy (non-hydrogen) atoms. The Kier molecular flexibility index (Phi) is 4.93. The van der Waals surface area contributed by atoms with Crippen LogP contribution in [0, 0.1) is 0 Å². The molecule has 6 heteroatoms. The van der Waals surface area contributed by atoms with Crippen molar-refractivity contribution >= 4 is 11.8 Å². The summed E-state index contributed by atoms with van der Waals surface area (Å²) in [5, 5.41) is 6.67. The molecule has 1 N–H and O–H groups in total. The van der Waals surface area contributed by atoms with Crippen LogP contribution in [0.3, 0.4) is 0 Å². The number of carbonyl (C=O) groups is 2. The van der Waals surface area contributed by atoms with Crippen molar-refractivity contribution in [1.29, 1.82) is 0 Å². The predicted molar refractivity (Wildman–Crippen MR) is 83.2 cm³/mol. The molecule has 0 radical (unpaired) electrons. The molecular formula is C16H20N4O2. The summed E-state index contributed by atoms with van der Waals surface area (Å²) in [6.07, 6.45) is 3.43. The fourth-order valence-corrected chi connectivity index (χ4v) is 2.20. The van der Waals surface area contributed by atoms with Crippen molar-refractivity contribution in [3.05, 3.63) is 53.9 Å². The lowest BCUT2D eigenvalue weighted by atomic mass is 10.1. The first-order chi connectivity index (χ1) is 10.5. The highest BCUT2D eigenvalue weighted by molar-refractivity contribution is 5.93. The Morgan fingerprint density at radius 1 is 1.32 bits per heavy atom. The number of hydrogen-bond donors (Lipinski definition) is 1. The molecule has 0 aliphatic rings. The molecule has 0 aliphatic heterocycles. The third-order valence-corrected chi connectivity index (χ3v) is 3.52. The van der Waals surface area contributed by atoms with E-state index in [4.69, 9.17) is 0 Å². The molecule has 2 rings (SSSR count). The van der Waals surface area contributed by atoms with Gasteiger partial charge in [0, 0.05) is 38.6 Å². The Labute approximate surface area is 129 Å². The van der Waals surface area contributed by atoms with Crippen LogP contribution in [-0.2, 0) is 11.3 Å². The number of amides is 2. The van der Waals surface area contributed by atoms with E-state index in [-0.39, 0.29) is 17.9 Å². The quantitative estimate of drug-likeness (QED) is 0.909. The number of nitrogens with one attached hydrogen (secondary N) is 1. The van der Waals surface area contributed by atoms with Gasteiger partial charge in [0.15, 0.2) is 0 Å². The van der Waals surface area contributed by atoms with E-state index < -0.39 is 0 Å². The van der Waals surface area contributed by atoms with Crippen molar-refractivity contribution in [2.75, 3.05) is 14.1 Å². The average Bonchev–Trinajstić information content (AvgIpc) is 3.07. The lowest BCUT2D eigenvalue weighted by Gasteiger charge is -2.21. The highest BCUT2D eigenvalue weighted by Gasteiger charge is 2.19. The normalized spacial score (nSPS) is 11.8. The van der Waals surface area contributed by atoms with Crippen LogP contribution in [-0.4, -0.2) is 40.6 Å². The van der Waals surface area contributed by atoms with Gasteiger partial charge in [-0.3, -0.25) is 14.3 Å². The largest absolute Gasteiger partial charge is 0.355 e. The van der Waals surface area contributed by atoms with Crippen LogP contribution in [0.5, 0.6) is 0 Å². The van der Waals surface area contributed by atoms with Crippen LogP contribution in [0.4, 0.5) is 0 Å². The Hall–Kier alpha value is -2.63. The summed E-state index contributed by atoms with van der Waals surface area (Å²) in [7, 11) is 3.36. The molecule has 2 aromatic rings. The van der Waals surface area contributed by atoms with E-state index in [1.807, 2.05) is 19.1 Å². The first-order valence-electron chi connectivity index (χ1n) is 7.08. The van der Waals surface area contributed by atoms with Gasteiger partial charge in [0.2, 0.25) is 5.91 Å². The maximum absolute atomic E-state index is 12.4. The molecule has 0 fully saturated rings. The summed E-state index contributed by atoms with van der Waals surface area (Å²) in [4.78, 5) is 25.5. The van der Waals surface area contributed by atoms with Crippen LogP contribution >= 0.6 is 0 Å². The summed E-state index contributed by atoms with van der Waals surface area (Å²) < 4.78 is 1.63. The second-order valence-corrected chi connectivity index (χ2v) is 5.13. The third-order valence-electron chi connectivity index (χ3n) is 3.52. The fourth-order valence-electron chi connectivity index (χ4n) is 2.20. The highest BCUT2D eigenvalue weighted by Crippen LogP contribution is 2.12. The standard InChI is InChI=1S/C16H20N4O2/c1-12(20-10-4-9-18-20)16(22)19(3)11-13-5-7-14(8-6-13)15(21)17-2/h4-10,12H,11H2,1-3H3,(H,17,21). The molecule has 6 nitrogen and oxygen atoms in total. The first-order valence-corrected chi connectivity index (χ1v) is 7.08. The molecule has 1 aromatic carbocycles. The minimum Gasteiger partial charge on any atom is -0.355 e. The van der Waals surface area contributed by atoms with Gasteiger partial charge >= 0.3 is 0 Å². The third kappa shape index (κ3) is 3.52. The zero-order chi connectivity index (χ0) is 16.1. The molecule has 0 bridgehead atoms. The maximum Gasteiger partial charge on any atom is 0.251 e. The van der Waals surface area contributed by atoms with Gasteiger partial charge in [-0.15, -0.1) is 0 Å². The van der Waals surface area contributed by atoms with Gasteiger partial charge in [0.1, 0.15) is 6.04 Å². The zero-order valence-electron chi connectivity index (χ0n) is 13.0. The molecule has 1 heterocycles. The second-order valence-electron chi connectivity index (χ2n) is 5.13. The van der Waals surface area contributed by atoms with Crippen molar-refractivity contribution in [2.24, 2.45) is 0 Å². The van der Waals surface area contributed by atoms with Crippen LogP contribution in [0.15, 0.2) is 42.7 Å². The van der Waals surface area contributed by atoms with Gasteiger partial charge in [0.05, 0.1) is 0 Å². The second kappa shape index (κ2) is 6.89. The van der Waals surface area contributed by atoms with Crippen LogP contribution in [0.2, 0.25) is 0 Å². The van der Waals surface area contributed by atoms with E-state index in [2.05, 4.69) is 10.4 Å². The van der Waals surface area contributed by atoms with E-state index in [1.165, 1.54) is 0 Å². The molecule has 116 valence electrons. The first kappa shape index (κ1) is 15.8. The predicted octanol–water partition coefficient (Wildman–Crippen LogP) is 1.46. The number of rotatable bonds is 5. The van der Waals surface area contributed by atoms with E-state index in [1.54, 1.807) is 54.3 Å².